The molecule has 0 fully saturated rings. The maximum atomic E-state index is 5.99. The normalized spacial score (nSPS) is 10.9. The highest BCUT2D eigenvalue weighted by atomic mass is 35.5. The lowest BCUT2D eigenvalue weighted by atomic mass is 10.1. The van der Waals surface area contributed by atoms with Gasteiger partial charge in [-0.05, 0) is 10.9 Å². The molecule has 0 aliphatic heterocycles. The number of nitrogens with zero attached hydrogens (tertiary/aromatic N) is 3. The largest absolute Gasteiger partial charge is 0.353 e. The third-order valence-electron chi connectivity index (χ3n) is 3.24. The van der Waals surface area contributed by atoms with Crippen LogP contribution in [0, 0.1) is 0 Å². The molecule has 3 nitrogen and oxygen atoms in total. The molecule has 20 heavy (non-hydrogen) atoms. The van der Waals surface area contributed by atoms with Gasteiger partial charge in [0.1, 0.15) is 5.82 Å². The van der Waals surface area contributed by atoms with Crippen LogP contribution in [0.15, 0.2) is 41.4 Å². The summed E-state index contributed by atoms with van der Waals surface area (Å²) in [6, 6.07) is 8.24. The number of fused-ring (bicyclic) bond motifs is 1. The van der Waals surface area contributed by atoms with Crippen LogP contribution in [-0.2, 0) is 12.4 Å². The molecule has 0 saturated heterocycles. The summed E-state index contributed by atoms with van der Waals surface area (Å²) < 4.78 is 0. The maximum absolute atomic E-state index is 5.99. The van der Waals surface area contributed by atoms with Gasteiger partial charge < -0.3 is 4.90 Å². The van der Waals surface area contributed by atoms with Crippen molar-refractivity contribution >= 4 is 39.5 Å². The van der Waals surface area contributed by atoms with Crippen molar-refractivity contribution in [3.05, 3.63) is 52.6 Å². The summed E-state index contributed by atoms with van der Waals surface area (Å²) >= 11 is 7.60. The Hall–Kier alpha value is -1.65. The van der Waals surface area contributed by atoms with E-state index in [9.17, 15) is 0 Å². The molecule has 0 amide bonds. The van der Waals surface area contributed by atoms with Crippen molar-refractivity contribution in [3.8, 4) is 0 Å². The van der Waals surface area contributed by atoms with Gasteiger partial charge in [0.15, 0.2) is 0 Å². The number of hydrogen-bond donors (Lipinski definition) is 0. The van der Waals surface area contributed by atoms with Crippen molar-refractivity contribution in [1.29, 1.82) is 0 Å². The zero-order valence-corrected chi connectivity index (χ0v) is 12.7. The molecule has 0 bridgehead atoms. The topological polar surface area (TPSA) is 29.0 Å². The van der Waals surface area contributed by atoms with E-state index in [1.807, 2.05) is 30.9 Å². The minimum Gasteiger partial charge on any atom is -0.353 e. The standard InChI is InChI=1S/C15H14ClN3S/c1-19(8-12-9-20-10-18-12)15-14-5-3-2-4-13(14)11(6-16)7-17-15/h2-5,7,9-10H,6,8H2,1H3. The van der Waals surface area contributed by atoms with Crippen LogP contribution in [0.1, 0.15) is 11.3 Å². The number of thiazole rings is 1. The highest BCUT2D eigenvalue weighted by Gasteiger charge is 2.11. The summed E-state index contributed by atoms with van der Waals surface area (Å²) in [6.45, 7) is 0.751. The van der Waals surface area contributed by atoms with Crippen LogP contribution in [0.3, 0.4) is 0 Å². The SMILES string of the molecule is CN(Cc1cscn1)c1ncc(CCl)c2ccccc12. The average molecular weight is 304 g/mol. The molecule has 3 rings (SSSR count). The summed E-state index contributed by atoms with van der Waals surface area (Å²) in [5, 5.41) is 4.35. The van der Waals surface area contributed by atoms with Gasteiger partial charge in [0.2, 0.25) is 0 Å². The van der Waals surface area contributed by atoms with Crippen LogP contribution in [0.2, 0.25) is 0 Å². The second-order valence-electron chi connectivity index (χ2n) is 4.62. The van der Waals surface area contributed by atoms with Gasteiger partial charge in [0.05, 0.1) is 17.7 Å². The van der Waals surface area contributed by atoms with Crippen LogP contribution in [0.25, 0.3) is 10.8 Å². The van der Waals surface area contributed by atoms with Gasteiger partial charge in [-0.3, -0.25) is 0 Å². The Morgan fingerprint density at radius 1 is 1.20 bits per heavy atom. The molecule has 2 heterocycles. The molecule has 0 saturated carbocycles. The molecular weight excluding hydrogens is 290 g/mol. The molecule has 0 spiro atoms. The third kappa shape index (κ3) is 2.49. The van der Waals surface area contributed by atoms with Crippen LogP contribution < -0.4 is 4.90 Å². The molecular formula is C15H14ClN3S. The molecule has 0 radical (unpaired) electrons. The highest BCUT2D eigenvalue weighted by Crippen LogP contribution is 2.28. The number of anilines is 1. The summed E-state index contributed by atoms with van der Waals surface area (Å²) in [5.41, 5.74) is 3.98. The van der Waals surface area contributed by atoms with Gasteiger partial charge >= 0.3 is 0 Å². The molecule has 0 atom stereocenters. The van der Waals surface area contributed by atoms with E-state index in [4.69, 9.17) is 11.6 Å². The first-order valence-corrected chi connectivity index (χ1v) is 7.78. The van der Waals surface area contributed by atoms with E-state index in [1.54, 1.807) is 11.3 Å². The molecule has 5 heteroatoms. The Bertz CT molecular complexity index is 712. The van der Waals surface area contributed by atoms with Gasteiger partial charge in [-0.1, -0.05) is 24.3 Å². The van der Waals surface area contributed by atoms with Gasteiger partial charge in [0.25, 0.3) is 0 Å². The van der Waals surface area contributed by atoms with Gasteiger partial charge in [-0.25, -0.2) is 9.97 Å². The van der Waals surface area contributed by atoms with Crippen molar-refractivity contribution < 1.29 is 0 Å². The first-order chi connectivity index (χ1) is 9.79. The maximum Gasteiger partial charge on any atom is 0.136 e. The first-order valence-electron chi connectivity index (χ1n) is 6.30. The number of halogens is 1. The predicted octanol–water partition coefficient (Wildman–Crippen LogP) is 4.07. The molecule has 102 valence electrons. The van der Waals surface area contributed by atoms with Crippen LogP contribution in [0.5, 0.6) is 0 Å². The lowest BCUT2D eigenvalue weighted by molar-refractivity contribution is 0.879. The Balaban J connectivity index is 2.03. The van der Waals surface area contributed by atoms with Crippen molar-refractivity contribution in [1.82, 2.24) is 9.97 Å². The fourth-order valence-electron chi connectivity index (χ4n) is 2.28. The van der Waals surface area contributed by atoms with Crippen LogP contribution in [-0.4, -0.2) is 17.0 Å². The average Bonchev–Trinajstić information content (AvgIpc) is 2.99. The second-order valence-corrected chi connectivity index (χ2v) is 5.61. The number of aromatic nitrogens is 2. The third-order valence-corrected chi connectivity index (χ3v) is 4.17. The Labute approximate surface area is 126 Å². The fraction of sp³-hybridized carbons (Fsp3) is 0.200. The van der Waals surface area contributed by atoms with Crippen molar-refractivity contribution in [2.24, 2.45) is 0 Å². The minimum atomic E-state index is 0.476. The Morgan fingerprint density at radius 3 is 2.70 bits per heavy atom. The summed E-state index contributed by atoms with van der Waals surface area (Å²) in [6.07, 6.45) is 1.86. The lowest BCUT2D eigenvalue weighted by Gasteiger charge is -2.19. The zero-order valence-electron chi connectivity index (χ0n) is 11.1. The lowest BCUT2D eigenvalue weighted by Crippen LogP contribution is -2.18. The van der Waals surface area contributed by atoms with E-state index in [0.717, 1.165) is 34.4 Å². The monoisotopic (exact) mass is 303 g/mol. The van der Waals surface area contributed by atoms with Gasteiger partial charge in [-0.15, -0.1) is 22.9 Å². The molecule has 3 aromatic rings. The molecule has 0 aliphatic rings. The molecule has 1 aromatic carbocycles. The molecule has 2 aromatic heterocycles. The minimum absolute atomic E-state index is 0.476. The van der Waals surface area contributed by atoms with Crippen LogP contribution >= 0.6 is 22.9 Å². The summed E-state index contributed by atoms with van der Waals surface area (Å²) in [7, 11) is 2.04. The van der Waals surface area contributed by atoms with E-state index in [1.165, 1.54) is 0 Å². The van der Waals surface area contributed by atoms with Crippen molar-refractivity contribution in [2.75, 3.05) is 11.9 Å². The molecule has 0 unspecified atom stereocenters. The second kappa shape index (κ2) is 5.77. The Morgan fingerprint density at radius 2 is 2.00 bits per heavy atom. The molecule has 0 aliphatic carbocycles. The quantitative estimate of drug-likeness (QED) is 0.680. The summed E-state index contributed by atoms with van der Waals surface area (Å²) in [5.74, 6) is 1.44. The number of rotatable bonds is 4. The predicted molar refractivity (Wildman–Crippen MR) is 85.5 cm³/mol. The number of hydrogen-bond acceptors (Lipinski definition) is 4. The number of pyridine rings is 1. The van der Waals surface area contributed by atoms with E-state index < -0.39 is 0 Å². The Kier molecular flexibility index (Phi) is 3.85. The van der Waals surface area contributed by atoms with Gasteiger partial charge in [0, 0.05) is 29.9 Å². The fourth-order valence-corrected chi connectivity index (χ4v) is 3.04. The van der Waals surface area contributed by atoms with Crippen molar-refractivity contribution in [2.45, 2.75) is 12.4 Å². The van der Waals surface area contributed by atoms with Gasteiger partial charge in [-0.2, -0.15) is 0 Å². The zero-order chi connectivity index (χ0) is 13.9. The van der Waals surface area contributed by atoms with E-state index in [-0.39, 0.29) is 0 Å². The summed E-state index contributed by atoms with van der Waals surface area (Å²) in [4.78, 5) is 11.0. The van der Waals surface area contributed by atoms with E-state index in [2.05, 4.69) is 32.4 Å². The van der Waals surface area contributed by atoms with E-state index >= 15 is 0 Å². The smallest absolute Gasteiger partial charge is 0.136 e. The van der Waals surface area contributed by atoms with Crippen LogP contribution in [0.4, 0.5) is 5.82 Å². The van der Waals surface area contributed by atoms with E-state index in [0.29, 0.717) is 5.88 Å². The first kappa shape index (κ1) is 13.3. The van der Waals surface area contributed by atoms with Crippen molar-refractivity contribution in [3.63, 3.8) is 0 Å². The number of benzene rings is 1. The highest BCUT2D eigenvalue weighted by molar-refractivity contribution is 7.07. The molecule has 0 N–H and O–H groups in total. The number of alkyl halides is 1.